The molecule has 0 saturated heterocycles. The van der Waals surface area contributed by atoms with Crippen LogP contribution >= 0.6 is 0 Å². The molecule has 2 heteroatoms. The third-order valence-corrected chi connectivity index (χ3v) is 2.93. The fourth-order valence-corrected chi connectivity index (χ4v) is 2.18. The lowest BCUT2D eigenvalue weighted by atomic mass is 9.87. The molecule has 0 aromatic heterocycles. The minimum Gasteiger partial charge on any atom is -0.481 e. The second kappa shape index (κ2) is 6.31. The van der Waals surface area contributed by atoms with Crippen LogP contribution in [0.15, 0.2) is 24.3 Å². The zero-order valence-corrected chi connectivity index (χ0v) is 10.1. The van der Waals surface area contributed by atoms with Crippen molar-refractivity contribution in [1.82, 2.24) is 0 Å². The average molecular weight is 220 g/mol. The van der Waals surface area contributed by atoms with Crippen molar-refractivity contribution in [2.45, 2.75) is 45.4 Å². The molecule has 1 aromatic rings. The standard InChI is InChI=1S/C14H20O2/c1-3-7-12(10-14(15)16)13-9-6-5-8-11(13)4-2/h5-6,8-9,12H,3-4,7,10H2,1-2H3,(H,15,16). The highest BCUT2D eigenvalue weighted by Gasteiger charge is 2.16. The fourth-order valence-electron chi connectivity index (χ4n) is 2.18. The van der Waals surface area contributed by atoms with Crippen LogP contribution in [0.4, 0.5) is 0 Å². The van der Waals surface area contributed by atoms with Gasteiger partial charge in [0.25, 0.3) is 0 Å². The van der Waals surface area contributed by atoms with E-state index in [9.17, 15) is 4.79 Å². The van der Waals surface area contributed by atoms with Gasteiger partial charge in [-0.15, -0.1) is 0 Å². The summed E-state index contributed by atoms with van der Waals surface area (Å²) in [4.78, 5) is 10.9. The molecular weight excluding hydrogens is 200 g/mol. The van der Waals surface area contributed by atoms with E-state index in [2.05, 4.69) is 26.0 Å². The monoisotopic (exact) mass is 220 g/mol. The van der Waals surface area contributed by atoms with E-state index in [1.807, 2.05) is 12.1 Å². The SMILES string of the molecule is CCCC(CC(=O)O)c1ccccc1CC. The Balaban J connectivity index is 2.94. The highest BCUT2D eigenvalue weighted by molar-refractivity contribution is 5.68. The van der Waals surface area contributed by atoms with Crippen molar-refractivity contribution in [1.29, 1.82) is 0 Å². The van der Waals surface area contributed by atoms with Crippen LogP contribution in [0.2, 0.25) is 0 Å². The Morgan fingerprint density at radius 2 is 2.00 bits per heavy atom. The zero-order chi connectivity index (χ0) is 12.0. The number of aliphatic carboxylic acids is 1. The topological polar surface area (TPSA) is 37.3 Å². The number of rotatable bonds is 6. The molecule has 1 aromatic carbocycles. The van der Waals surface area contributed by atoms with E-state index in [0.29, 0.717) is 0 Å². The van der Waals surface area contributed by atoms with E-state index in [1.165, 1.54) is 11.1 Å². The highest BCUT2D eigenvalue weighted by Crippen LogP contribution is 2.28. The number of benzene rings is 1. The number of carboxylic acid groups (broad SMARTS) is 1. The number of carbonyl (C=O) groups is 1. The number of hydrogen-bond acceptors (Lipinski definition) is 1. The van der Waals surface area contributed by atoms with Crippen LogP contribution in [0.3, 0.4) is 0 Å². The third-order valence-electron chi connectivity index (χ3n) is 2.93. The van der Waals surface area contributed by atoms with Crippen molar-refractivity contribution in [3.63, 3.8) is 0 Å². The largest absolute Gasteiger partial charge is 0.481 e. The number of aryl methyl sites for hydroxylation is 1. The van der Waals surface area contributed by atoms with Crippen molar-refractivity contribution in [3.05, 3.63) is 35.4 Å². The number of carboxylic acids is 1. The van der Waals surface area contributed by atoms with Crippen LogP contribution in [0.1, 0.15) is 50.2 Å². The number of hydrogen-bond donors (Lipinski definition) is 1. The van der Waals surface area contributed by atoms with Gasteiger partial charge in [-0.3, -0.25) is 4.79 Å². The van der Waals surface area contributed by atoms with E-state index in [1.54, 1.807) is 0 Å². The molecule has 0 aliphatic carbocycles. The molecule has 0 aliphatic heterocycles. The summed E-state index contributed by atoms with van der Waals surface area (Å²) in [6.45, 7) is 4.21. The Morgan fingerprint density at radius 1 is 1.31 bits per heavy atom. The Kier molecular flexibility index (Phi) is 5.03. The van der Waals surface area contributed by atoms with Crippen molar-refractivity contribution in [2.24, 2.45) is 0 Å². The van der Waals surface area contributed by atoms with E-state index in [4.69, 9.17) is 5.11 Å². The summed E-state index contributed by atoms with van der Waals surface area (Å²) in [5.74, 6) is -0.539. The molecule has 1 N–H and O–H groups in total. The maximum absolute atomic E-state index is 10.9. The molecule has 1 unspecified atom stereocenters. The molecule has 0 spiro atoms. The average Bonchev–Trinajstić information content (AvgIpc) is 2.28. The molecule has 1 atom stereocenters. The van der Waals surface area contributed by atoms with Crippen LogP contribution in [0, 0.1) is 0 Å². The van der Waals surface area contributed by atoms with Gasteiger partial charge in [0, 0.05) is 0 Å². The van der Waals surface area contributed by atoms with E-state index < -0.39 is 5.97 Å². The summed E-state index contributed by atoms with van der Waals surface area (Å²) in [7, 11) is 0. The van der Waals surface area contributed by atoms with Crippen LogP contribution in [0.5, 0.6) is 0 Å². The van der Waals surface area contributed by atoms with Crippen LogP contribution in [-0.2, 0) is 11.2 Å². The van der Waals surface area contributed by atoms with E-state index in [0.717, 1.165) is 19.3 Å². The van der Waals surface area contributed by atoms with Crippen LogP contribution in [0.25, 0.3) is 0 Å². The predicted octanol–water partition coefficient (Wildman–Crippen LogP) is 3.61. The Labute approximate surface area is 97.3 Å². The highest BCUT2D eigenvalue weighted by atomic mass is 16.4. The van der Waals surface area contributed by atoms with Crippen molar-refractivity contribution >= 4 is 5.97 Å². The maximum atomic E-state index is 10.9. The van der Waals surface area contributed by atoms with E-state index >= 15 is 0 Å². The summed E-state index contributed by atoms with van der Waals surface area (Å²) >= 11 is 0. The van der Waals surface area contributed by atoms with Gasteiger partial charge < -0.3 is 5.11 Å². The first-order chi connectivity index (χ1) is 7.69. The summed E-state index contributed by atoms with van der Waals surface area (Å²) in [5.41, 5.74) is 2.50. The Morgan fingerprint density at radius 3 is 2.56 bits per heavy atom. The summed E-state index contributed by atoms with van der Waals surface area (Å²) in [6, 6.07) is 8.19. The van der Waals surface area contributed by atoms with Gasteiger partial charge in [-0.1, -0.05) is 44.5 Å². The molecule has 2 nitrogen and oxygen atoms in total. The normalized spacial score (nSPS) is 12.4. The molecule has 0 heterocycles. The van der Waals surface area contributed by atoms with Gasteiger partial charge >= 0.3 is 5.97 Å². The van der Waals surface area contributed by atoms with Crippen LogP contribution < -0.4 is 0 Å². The molecule has 88 valence electrons. The lowest BCUT2D eigenvalue weighted by Crippen LogP contribution is -2.08. The molecule has 0 bridgehead atoms. The first-order valence-electron chi connectivity index (χ1n) is 5.98. The van der Waals surface area contributed by atoms with Gasteiger partial charge in [0.2, 0.25) is 0 Å². The van der Waals surface area contributed by atoms with Gasteiger partial charge in [-0.2, -0.15) is 0 Å². The summed E-state index contributed by atoms with van der Waals surface area (Å²) in [6.07, 6.45) is 3.18. The van der Waals surface area contributed by atoms with E-state index in [-0.39, 0.29) is 12.3 Å². The molecule has 0 amide bonds. The summed E-state index contributed by atoms with van der Waals surface area (Å²) < 4.78 is 0. The molecule has 0 radical (unpaired) electrons. The quantitative estimate of drug-likeness (QED) is 0.795. The van der Waals surface area contributed by atoms with Crippen molar-refractivity contribution in [3.8, 4) is 0 Å². The lowest BCUT2D eigenvalue weighted by molar-refractivity contribution is -0.137. The van der Waals surface area contributed by atoms with Gasteiger partial charge in [0.05, 0.1) is 6.42 Å². The van der Waals surface area contributed by atoms with Crippen molar-refractivity contribution in [2.75, 3.05) is 0 Å². The first-order valence-corrected chi connectivity index (χ1v) is 5.98. The molecule has 16 heavy (non-hydrogen) atoms. The molecule has 0 fully saturated rings. The predicted molar refractivity (Wildman–Crippen MR) is 65.7 cm³/mol. The third kappa shape index (κ3) is 3.37. The minimum absolute atomic E-state index is 0.165. The van der Waals surface area contributed by atoms with Crippen molar-refractivity contribution < 1.29 is 9.90 Å². The van der Waals surface area contributed by atoms with Gasteiger partial charge in [-0.05, 0) is 29.9 Å². The maximum Gasteiger partial charge on any atom is 0.303 e. The molecule has 1 rings (SSSR count). The lowest BCUT2D eigenvalue weighted by Gasteiger charge is -2.17. The Hall–Kier alpha value is -1.31. The van der Waals surface area contributed by atoms with Gasteiger partial charge in [-0.25, -0.2) is 0 Å². The second-order valence-corrected chi connectivity index (χ2v) is 4.14. The smallest absolute Gasteiger partial charge is 0.303 e. The van der Waals surface area contributed by atoms with Crippen LogP contribution in [-0.4, -0.2) is 11.1 Å². The van der Waals surface area contributed by atoms with Gasteiger partial charge in [0.15, 0.2) is 0 Å². The second-order valence-electron chi connectivity index (χ2n) is 4.14. The zero-order valence-electron chi connectivity index (χ0n) is 10.1. The van der Waals surface area contributed by atoms with Gasteiger partial charge in [0.1, 0.15) is 0 Å². The molecular formula is C14H20O2. The fraction of sp³-hybridized carbons (Fsp3) is 0.500. The molecule has 0 aliphatic rings. The Bertz CT molecular complexity index is 344. The molecule has 0 saturated carbocycles. The summed E-state index contributed by atoms with van der Waals surface area (Å²) in [5, 5.41) is 8.94. The first kappa shape index (κ1) is 12.8. The minimum atomic E-state index is -0.704.